The molecular weight excluding hydrogens is 212 g/mol. The molecule has 1 aromatic carbocycles. The molecule has 0 atom stereocenters. The van der Waals surface area contributed by atoms with Crippen molar-refractivity contribution in [3.63, 3.8) is 0 Å². The zero-order valence-corrected chi connectivity index (χ0v) is 10.1. The van der Waals surface area contributed by atoms with Crippen LogP contribution in [-0.2, 0) is 11.8 Å². The fourth-order valence-corrected chi connectivity index (χ4v) is 1.77. The molecule has 1 rings (SSSR count). The van der Waals surface area contributed by atoms with Gasteiger partial charge in [0.2, 0.25) is 0 Å². The van der Waals surface area contributed by atoms with Crippen molar-refractivity contribution in [3.8, 4) is 5.75 Å². The number of aliphatic hydroxyl groups excluding tert-OH is 1. The van der Waals surface area contributed by atoms with Crippen LogP contribution in [0.25, 0.3) is 0 Å². The van der Waals surface area contributed by atoms with E-state index in [1.54, 1.807) is 12.1 Å². The number of phenols is 1. The lowest BCUT2D eigenvalue weighted by Gasteiger charge is -2.24. The van der Waals surface area contributed by atoms with Crippen LogP contribution in [0.3, 0.4) is 0 Å². The highest BCUT2D eigenvalue weighted by Crippen LogP contribution is 2.35. The third kappa shape index (κ3) is 2.44. The van der Waals surface area contributed by atoms with Crippen LogP contribution >= 0.6 is 11.6 Å². The van der Waals surface area contributed by atoms with Crippen LogP contribution in [0, 0.1) is 0 Å². The summed E-state index contributed by atoms with van der Waals surface area (Å²) in [5.41, 5.74) is 1.05. The number of benzene rings is 1. The topological polar surface area (TPSA) is 40.5 Å². The van der Waals surface area contributed by atoms with Crippen molar-refractivity contribution >= 4 is 11.6 Å². The Morgan fingerprint density at radius 1 is 1.33 bits per heavy atom. The number of hydrogen-bond donors (Lipinski definition) is 2. The molecule has 3 heteroatoms. The molecule has 0 aliphatic rings. The third-order valence-corrected chi connectivity index (χ3v) is 2.88. The van der Waals surface area contributed by atoms with Crippen molar-refractivity contribution in [2.75, 3.05) is 6.61 Å². The molecular formula is C12H17ClO2. The van der Waals surface area contributed by atoms with Crippen molar-refractivity contribution in [3.05, 3.63) is 28.3 Å². The molecule has 0 heterocycles. The van der Waals surface area contributed by atoms with E-state index in [2.05, 4.69) is 0 Å². The van der Waals surface area contributed by atoms with Gasteiger partial charge in [0, 0.05) is 16.0 Å². The summed E-state index contributed by atoms with van der Waals surface area (Å²) >= 11 is 5.97. The van der Waals surface area contributed by atoms with E-state index in [1.165, 1.54) is 0 Å². The summed E-state index contributed by atoms with van der Waals surface area (Å²) in [5, 5.41) is 19.9. The molecule has 0 saturated carbocycles. The average molecular weight is 229 g/mol. The van der Waals surface area contributed by atoms with E-state index in [9.17, 15) is 10.2 Å². The molecule has 0 saturated heterocycles. The molecule has 15 heavy (non-hydrogen) atoms. The Labute approximate surface area is 95.5 Å². The van der Waals surface area contributed by atoms with Crippen LogP contribution in [0.4, 0.5) is 0 Å². The molecule has 1 aromatic rings. The predicted molar refractivity (Wildman–Crippen MR) is 62.6 cm³/mol. The number of phenolic OH excluding ortho intramolecular Hbond substituents is 1. The predicted octanol–water partition coefficient (Wildman–Crippen LogP) is 2.88. The maximum absolute atomic E-state index is 10.0. The molecule has 0 spiro atoms. The highest BCUT2D eigenvalue weighted by Gasteiger charge is 2.24. The molecule has 0 fully saturated rings. The molecule has 2 N–H and O–H groups in total. The van der Waals surface area contributed by atoms with Gasteiger partial charge in [-0.2, -0.15) is 0 Å². The SMILES string of the molecule is CCc1cc(Cl)cc(C(C)(C)CO)c1O. The number of halogens is 1. The summed E-state index contributed by atoms with van der Waals surface area (Å²) < 4.78 is 0. The first-order valence-electron chi connectivity index (χ1n) is 5.05. The first kappa shape index (κ1) is 12.3. The second kappa shape index (κ2) is 4.42. The van der Waals surface area contributed by atoms with Crippen LogP contribution in [-0.4, -0.2) is 16.8 Å². The Bertz CT molecular complexity index is 359. The molecule has 0 aliphatic heterocycles. The lowest BCUT2D eigenvalue weighted by atomic mass is 9.83. The highest BCUT2D eigenvalue weighted by atomic mass is 35.5. The standard InChI is InChI=1S/C12H17ClO2/c1-4-8-5-9(13)6-10(11(8)15)12(2,3)7-14/h5-6,14-15H,4,7H2,1-3H3. The zero-order valence-electron chi connectivity index (χ0n) is 9.34. The lowest BCUT2D eigenvalue weighted by molar-refractivity contribution is 0.215. The van der Waals surface area contributed by atoms with E-state index < -0.39 is 5.41 Å². The Balaban J connectivity index is 3.35. The Hall–Kier alpha value is -0.730. The minimum atomic E-state index is -0.473. The zero-order chi connectivity index (χ0) is 11.6. The second-order valence-corrected chi connectivity index (χ2v) is 4.79. The van der Waals surface area contributed by atoms with E-state index in [0.717, 1.165) is 12.0 Å². The highest BCUT2D eigenvalue weighted by molar-refractivity contribution is 6.30. The van der Waals surface area contributed by atoms with Crippen molar-refractivity contribution in [2.45, 2.75) is 32.6 Å². The summed E-state index contributed by atoms with van der Waals surface area (Å²) in [6.07, 6.45) is 0.723. The molecule has 84 valence electrons. The van der Waals surface area contributed by atoms with Crippen LogP contribution < -0.4 is 0 Å². The first-order chi connectivity index (χ1) is 6.92. The van der Waals surface area contributed by atoms with E-state index >= 15 is 0 Å². The largest absolute Gasteiger partial charge is 0.507 e. The van der Waals surface area contributed by atoms with Gasteiger partial charge in [-0.25, -0.2) is 0 Å². The first-order valence-corrected chi connectivity index (χ1v) is 5.43. The van der Waals surface area contributed by atoms with Crippen molar-refractivity contribution < 1.29 is 10.2 Å². The molecule has 0 aliphatic carbocycles. The van der Waals surface area contributed by atoms with Crippen LogP contribution in [0.2, 0.25) is 5.02 Å². The quantitative estimate of drug-likeness (QED) is 0.835. The van der Waals surface area contributed by atoms with Gasteiger partial charge in [0.1, 0.15) is 5.75 Å². The van der Waals surface area contributed by atoms with E-state index in [4.69, 9.17) is 11.6 Å². The maximum atomic E-state index is 10.0. The number of aliphatic hydroxyl groups is 1. The van der Waals surface area contributed by atoms with Crippen molar-refractivity contribution in [1.82, 2.24) is 0 Å². The Morgan fingerprint density at radius 2 is 1.93 bits per heavy atom. The molecule has 0 radical (unpaired) electrons. The van der Waals surface area contributed by atoms with Crippen LogP contribution in [0.5, 0.6) is 5.75 Å². The van der Waals surface area contributed by atoms with Crippen molar-refractivity contribution in [1.29, 1.82) is 0 Å². The van der Waals surface area contributed by atoms with E-state index in [-0.39, 0.29) is 12.4 Å². The minimum absolute atomic E-state index is 0.0238. The Kier molecular flexibility index (Phi) is 3.63. The number of aryl methyl sites for hydroxylation is 1. The fourth-order valence-electron chi connectivity index (χ4n) is 1.53. The molecule has 0 unspecified atom stereocenters. The summed E-state index contributed by atoms with van der Waals surface area (Å²) in [7, 11) is 0. The number of aromatic hydroxyl groups is 1. The normalized spacial score (nSPS) is 11.8. The van der Waals surface area contributed by atoms with Gasteiger partial charge in [-0.3, -0.25) is 0 Å². The van der Waals surface area contributed by atoms with Crippen LogP contribution in [0.1, 0.15) is 31.9 Å². The van der Waals surface area contributed by atoms with Crippen molar-refractivity contribution in [2.24, 2.45) is 0 Å². The molecule has 0 amide bonds. The van der Waals surface area contributed by atoms with E-state index in [1.807, 2.05) is 20.8 Å². The molecule has 0 bridgehead atoms. The minimum Gasteiger partial charge on any atom is -0.507 e. The van der Waals surface area contributed by atoms with Crippen LogP contribution in [0.15, 0.2) is 12.1 Å². The van der Waals surface area contributed by atoms with Gasteiger partial charge in [-0.15, -0.1) is 0 Å². The lowest BCUT2D eigenvalue weighted by Crippen LogP contribution is -2.22. The average Bonchev–Trinajstić information content (AvgIpc) is 2.20. The van der Waals surface area contributed by atoms with E-state index in [0.29, 0.717) is 10.6 Å². The summed E-state index contributed by atoms with van der Waals surface area (Å²) in [4.78, 5) is 0. The monoisotopic (exact) mass is 228 g/mol. The summed E-state index contributed by atoms with van der Waals surface area (Å²) in [6, 6.07) is 3.47. The number of rotatable bonds is 3. The van der Waals surface area contributed by atoms with Gasteiger partial charge in [0.25, 0.3) is 0 Å². The van der Waals surface area contributed by atoms with Gasteiger partial charge in [0.15, 0.2) is 0 Å². The second-order valence-electron chi connectivity index (χ2n) is 4.36. The van der Waals surface area contributed by atoms with Gasteiger partial charge in [-0.1, -0.05) is 32.4 Å². The smallest absolute Gasteiger partial charge is 0.122 e. The molecule has 0 aromatic heterocycles. The number of hydrogen-bond acceptors (Lipinski definition) is 2. The molecule has 2 nitrogen and oxygen atoms in total. The summed E-state index contributed by atoms with van der Waals surface area (Å²) in [5.74, 6) is 0.251. The van der Waals surface area contributed by atoms with Gasteiger partial charge >= 0.3 is 0 Å². The van der Waals surface area contributed by atoms with Gasteiger partial charge < -0.3 is 10.2 Å². The van der Waals surface area contributed by atoms with Gasteiger partial charge in [-0.05, 0) is 24.1 Å². The maximum Gasteiger partial charge on any atom is 0.122 e. The summed E-state index contributed by atoms with van der Waals surface area (Å²) in [6.45, 7) is 5.68. The van der Waals surface area contributed by atoms with Gasteiger partial charge in [0.05, 0.1) is 6.61 Å². The fraction of sp³-hybridized carbons (Fsp3) is 0.500. The Morgan fingerprint density at radius 3 is 2.40 bits per heavy atom. The third-order valence-electron chi connectivity index (χ3n) is 2.66.